The molecule has 4 heteroatoms. The van der Waals surface area contributed by atoms with Crippen LogP contribution in [0.25, 0.3) is 0 Å². The second kappa shape index (κ2) is 5.89. The molecule has 0 amide bonds. The Bertz CT molecular complexity index is 456. The molecule has 0 aliphatic rings. The summed E-state index contributed by atoms with van der Waals surface area (Å²) in [5.74, 6) is 1.72. The van der Waals surface area contributed by atoms with Gasteiger partial charge in [-0.2, -0.15) is 0 Å². The van der Waals surface area contributed by atoms with Crippen LogP contribution in [-0.4, -0.2) is 12.2 Å². The van der Waals surface area contributed by atoms with E-state index in [1.807, 2.05) is 13.1 Å². The van der Waals surface area contributed by atoms with Gasteiger partial charge in [0.15, 0.2) is 0 Å². The highest BCUT2D eigenvalue weighted by Crippen LogP contribution is 2.25. The molecular weight excluding hydrogens is 232 g/mol. The molecule has 0 spiro atoms. The molecule has 2 rings (SSSR count). The van der Waals surface area contributed by atoms with E-state index in [4.69, 9.17) is 4.52 Å². The van der Waals surface area contributed by atoms with Gasteiger partial charge < -0.3 is 9.84 Å². The zero-order valence-corrected chi connectivity index (χ0v) is 10.8. The van der Waals surface area contributed by atoms with Gasteiger partial charge in [-0.05, 0) is 31.7 Å². The largest absolute Gasteiger partial charge is 0.361 e. The van der Waals surface area contributed by atoms with Crippen molar-refractivity contribution in [2.24, 2.45) is 0 Å². The highest BCUT2D eigenvalue weighted by Gasteiger charge is 2.04. The average Bonchev–Trinajstić information content (AvgIpc) is 2.89. The molecule has 0 saturated heterocycles. The van der Waals surface area contributed by atoms with E-state index in [0.29, 0.717) is 6.04 Å². The van der Waals surface area contributed by atoms with E-state index in [1.165, 1.54) is 10.5 Å². The summed E-state index contributed by atoms with van der Waals surface area (Å²) in [6, 6.07) is 10.8. The van der Waals surface area contributed by atoms with E-state index in [-0.39, 0.29) is 0 Å². The van der Waals surface area contributed by atoms with Gasteiger partial charge in [-0.1, -0.05) is 17.3 Å². The lowest BCUT2D eigenvalue weighted by molar-refractivity contribution is 0.395. The smallest absolute Gasteiger partial charge is 0.146 e. The molecule has 0 radical (unpaired) electrons. The third-order valence-corrected chi connectivity index (χ3v) is 3.68. The summed E-state index contributed by atoms with van der Waals surface area (Å²) in [5, 5.41) is 6.94. The Morgan fingerprint density at radius 1 is 1.41 bits per heavy atom. The van der Waals surface area contributed by atoms with Crippen LogP contribution in [-0.2, 0) is 5.75 Å². The fourth-order valence-electron chi connectivity index (χ4n) is 1.51. The van der Waals surface area contributed by atoms with Gasteiger partial charge in [0.05, 0.1) is 11.9 Å². The summed E-state index contributed by atoms with van der Waals surface area (Å²) in [4.78, 5) is 1.25. The summed E-state index contributed by atoms with van der Waals surface area (Å²) in [5.41, 5.74) is 1.30. The van der Waals surface area contributed by atoms with E-state index in [0.717, 1.165) is 11.5 Å². The van der Waals surface area contributed by atoms with Gasteiger partial charge >= 0.3 is 0 Å². The van der Waals surface area contributed by atoms with Crippen LogP contribution < -0.4 is 5.32 Å². The van der Waals surface area contributed by atoms with Gasteiger partial charge in [0.25, 0.3) is 0 Å². The molecule has 0 aliphatic carbocycles. The fraction of sp³-hybridized carbons (Fsp3) is 0.308. The van der Waals surface area contributed by atoms with Crippen LogP contribution in [0.15, 0.2) is 45.9 Å². The summed E-state index contributed by atoms with van der Waals surface area (Å²) in [6.45, 7) is 2.15. The average molecular weight is 248 g/mol. The maximum absolute atomic E-state index is 5.07. The minimum atomic E-state index is 0.376. The maximum Gasteiger partial charge on any atom is 0.146 e. The van der Waals surface area contributed by atoms with E-state index < -0.39 is 0 Å². The Balaban J connectivity index is 2.01. The number of hydrogen-bond donors (Lipinski definition) is 1. The highest BCUT2D eigenvalue weighted by molar-refractivity contribution is 7.98. The molecule has 1 heterocycles. The second-order valence-electron chi connectivity index (χ2n) is 3.85. The first-order chi connectivity index (χ1) is 8.29. The molecule has 0 bridgehead atoms. The SMILES string of the molecule is CNC(C)c1cccc(SCc2ccno2)c1. The number of nitrogens with one attached hydrogen (secondary N) is 1. The van der Waals surface area contributed by atoms with Gasteiger partial charge in [0, 0.05) is 17.0 Å². The lowest BCUT2D eigenvalue weighted by atomic mass is 10.1. The highest BCUT2D eigenvalue weighted by atomic mass is 32.2. The normalized spacial score (nSPS) is 12.6. The van der Waals surface area contributed by atoms with Crippen molar-refractivity contribution in [2.45, 2.75) is 23.6 Å². The third-order valence-electron chi connectivity index (χ3n) is 2.66. The summed E-state index contributed by atoms with van der Waals surface area (Å²) in [7, 11) is 1.97. The molecule has 2 aromatic rings. The maximum atomic E-state index is 5.07. The first-order valence-electron chi connectivity index (χ1n) is 5.59. The van der Waals surface area contributed by atoms with Crippen LogP contribution in [0.4, 0.5) is 0 Å². The predicted molar refractivity (Wildman–Crippen MR) is 70.0 cm³/mol. The predicted octanol–water partition coefficient (Wildman–Crippen LogP) is 3.25. The topological polar surface area (TPSA) is 38.1 Å². The second-order valence-corrected chi connectivity index (χ2v) is 4.90. The van der Waals surface area contributed by atoms with Crippen molar-refractivity contribution in [3.8, 4) is 0 Å². The first-order valence-corrected chi connectivity index (χ1v) is 6.57. The lowest BCUT2D eigenvalue weighted by Gasteiger charge is -2.11. The Labute approximate surface area is 106 Å². The Morgan fingerprint density at radius 2 is 2.29 bits per heavy atom. The molecule has 0 saturated carbocycles. The van der Waals surface area contributed by atoms with Crippen molar-refractivity contribution in [1.29, 1.82) is 0 Å². The van der Waals surface area contributed by atoms with Gasteiger partial charge in [0.1, 0.15) is 5.76 Å². The lowest BCUT2D eigenvalue weighted by Crippen LogP contribution is -2.11. The van der Waals surface area contributed by atoms with Crippen molar-refractivity contribution in [3.05, 3.63) is 47.9 Å². The quantitative estimate of drug-likeness (QED) is 0.824. The van der Waals surface area contributed by atoms with Crippen molar-refractivity contribution in [3.63, 3.8) is 0 Å². The molecule has 0 fully saturated rings. The minimum Gasteiger partial charge on any atom is -0.361 e. The Hall–Kier alpha value is -1.26. The van der Waals surface area contributed by atoms with Crippen LogP contribution in [0.1, 0.15) is 24.3 Å². The van der Waals surface area contributed by atoms with Gasteiger partial charge in [0.2, 0.25) is 0 Å². The fourth-order valence-corrected chi connectivity index (χ4v) is 2.36. The third kappa shape index (κ3) is 3.35. The number of benzene rings is 1. The van der Waals surface area contributed by atoms with E-state index in [2.05, 4.69) is 41.7 Å². The molecule has 3 nitrogen and oxygen atoms in total. The summed E-state index contributed by atoms with van der Waals surface area (Å²) >= 11 is 1.76. The van der Waals surface area contributed by atoms with E-state index in [9.17, 15) is 0 Å². The van der Waals surface area contributed by atoms with E-state index in [1.54, 1.807) is 18.0 Å². The summed E-state index contributed by atoms with van der Waals surface area (Å²) in [6.07, 6.45) is 1.68. The van der Waals surface area contributed by atoms with Crippen molar-refractivity contribution < 1.29 is 4.52 Å². The first kappa shape index (κ1) is 12.2. The molecule has 1 aromatic carbocycles. The molecule has 90 valence electrons. The Kier molecular flexibility index (Phi) is 4.23. The molecule has 1 atom stereocenters. The van der Waals surface area contributed by atoms with Crippen molar-refractivity contribution >= 4 is 11.8 Å². The van der Waals surface area contributed by atoms with Gasteiger partial charge in [-0.3, -0.25) is 0 Å². The van der Waals surface area contributed by atoms with Gasteiger partial charge in [-0.15, -0.1) is 11.8 Å². The van der Waals surface area contributed by atoms with Crippen LogP contribution in [0, 0.1) is 0 Å². The minimum absolute atomic E-state index is 0.376. The zero-order valence-electron chi connectivity index (χ0n) is 10.0. The van der Waals surface area contributed by atoms with Crippen LogP contribution in [0.3, 0.4) is 0 Å². The number of nitrogens with zero attached hydrogens (tertiary/aromatic N) is 1. The molecule has 17 heavy (non-hydrogen) atoms. The molecule has 1 aromatic heterocycles. The molecule has 0 aliphatic heterocycles. The molecular formula is C13H16N2OS. The van der Waals surface area contributed by atoms with Crippen molar-refractivity contribution in [2.75, 3.05) is 7.05 Å². The number of rotatable bonds is 5. The number of thioether (sulfide) groups is 1. The number of hydrogen-bond acceptors (Lipinski definition) is 4. The zero-order chi connectivity index (χ0) is 12.1. The summed E-state index contributed by atoms with van der Waals surface area (Å²) < 4.78 is 5.07. The monoisotopic (exact) mass is 248 g/mol. The van der Waals surface area contributed by atoms with Crippen molar-refractivity contribution in [1.82, 2.24) is 10.5 Å². The molecule has 1 unspecified atom stereocenters. The van der Waals surface area contributed by atoms with Gasteiger partial charge in [-0.25, -0.2) is 0 Å². The molecule has 1 N–H and O–H groups in total. The standard InChI is InChI=1S/C13H16N2OS/c1-10(14-2)11-4-3-5-13(8-11)17-9-12-6-7-15-16-12/h3-8,10,14H,9H2,1-2H3. The van der Waals surface area contributed by atoms with Crippen LogP contribution in [0.5, 0.6) is 0 Å². The van der Waals surface area contributed by atoms with Crippen LogP contribution >= 0.6 is 11.8 Å². The van der Waals surface area contributed by atoms with Crippen LogP contribution in [0.2, 0.25) is 0 Å². The Morgan fingerprint density at radius 3 is 3.00 bits per heavy atom. The number of aromatic nitrogens is 1. The van der Waals surface area contributed by atoms with E-state index >= 15 is 0 Å².